The number of aromatic hydroxyl groups is 1. The molecule has 0 bridgehead atoms. The summed E-state index contributed by atoms with van der Waals surface area (Å²) in [5.74, 6) is -0.162. The molecular weight excluding hydrogens is 256 g/mol. The van der Waals surface area contributed by atoms with Crippen molar-refractivity contribution in [1.29, 1.82) is 0 Å². The van der Waals surface area contributed by atoms with Gasteiger partial charge in [-0.15, -0.1) is 0 Å². The van der Waals surface area contributed by atoms with Crippen molar-refractivity contribution in [1.82, 2.24) is 9.47 Å². The van der Waals surface area contributed by atoms with E-state index >= 15 is 0 Å². The highest BCUT2D eigenvalue weighted by atomic mass is 16.3. The molecule has 0 spiro atoms. The lowest BCUT2D eigenvalue weighted by atomic mass is 10.2. The summed E-state index contributed by atoms with van der Waals surface area (Å²) in [7, 11) is 0. The van der Waals surface area contributed by atoms with Crippen molar-refractivity contribution in [2.75, 3.05) is 13.1 Å². The number of unbranched alkanes of at least 4 members (excludes halogenated alkanes) is 1. The van der Waals surface area contributed by atoms with Crippen molar-refractivity contribution in [3.63, 3.8) is 0 Å². The van der Waals surface area contributed by atoms with Gasteiger partial charge in [0.05, 0.1) is 12.3 Å². The van der Waals surface area contributed by atoms with E-state index in [2.05, 4.69) is 11.8 Å². The Labute approximate surface area is 119 Å². The summed E-state index contributed by atoms with van der Waals surface area (Å²) in [6.45, 7) is 5.24. The molecule has 0 amide bonds. The molecule has 2 rings (SSSR count). The molecule has 5 heteroatoms. The Morgan fingerprint density at radius 1 is 1.30 bits per heavy atom. The SMILES string of the molecule is CCCCn1c(CO)cc(=O)c(O)c1CN1CCCC1. The fourth-order valence-electron chi connectivity index (χ4n) is 2.78. The lowest BCUT2D eigenvalue weighted by molar-refractivity contribution is 0.260. The Morgan fingerprint density at radius 3 is 2.60 bits per heavy atom. The maximum absolute atomic E-state index is 11.8. The van der Waals surface area contributed by atoms with Crippen LogP contribution in [0.3, 0.4) is 0 Å². The monoisotopic (exact) mass is 280 g/mol. The van der Waals surface area contributed by atoms with Gasteiger partial charge in [-0.3, -0.25) is 9.69 Å². The van der Waals surface area contributed by atoms with E-state index < -0.39 is 5.43 Å². The number of hydrogen-bond acceptors (Lipinski definition) is 4. The Kier molecular flexibility index (Phi) is 5.20. The van der Waals surface area contributed by atoms with Crippen LogP contribution >= 0.6 is 0 Å². The average molecular weight is 280 g/mol. The largest absolute Gasteiger partial charge is 0.503 e. The minimum atomic E-state index is -0.393. The minimum Gasteiger partial charge on any atom is -0.503 e. The van der Waals surface area contributed by atoms with Crippen molar-refractivity contribution < 1.29 is 10.2 Å². The zero-order chi connectivity index (χ0) is 14.5. The van der Waals surface area contributed by atoms with Gasteiger partial charge in [0.1, 0.15) is 0 Å². The first-order valence-electron chi connectivity index (χ1n) is 7.45. The van der Waals surface area contributed by atoms with Crippen LogP contribution in [0.25, 0.3) is 0 Å². The molecule has 20 heavy (non-hydrogen) atoms. The number of nitrogens with zero attached hydrogens (tertiary/aromatic N) is 2. The van der Waals surface area contributed by atoms with Crippen LogP contribution in [0, 0.1) is 0 Å². The highest BCUT2D eigenvalue weighted by Crippen LogP contribution is 2.20. The summed E-state index contributed by atoms with van der Waals surface area (Å²) in [6, 6.07) is 1.35. The topological polar surface area (TPSA) is 65.7 Å². The van der Waals surface area contributed by atoms with Gasteiger partial charge in [-0.25, -0.2) is 0 Å². The van der Waals surface area contributed by atoms with Crippen LogP contribution in [0.15, 0.2) is 10.9 Å². The smallest absolute Gasteiger partial charge is 0.223 e. The fraction of sp³-hybridized carbons (Fsp3) is 0.667. The molecule has 1 fully saturated rings. The Balaban J connectivity index is 2.37. The van der Waals surface area contributed by atoms with E-state index in [1.165, 1.54) is 18.9 Å². The van der Waals surface area contributed by atoms with Crippen molar-refractivity contribution in [2.24, 2.45) is 0 Å². The van der Waals surface area contributed by atoms with E-state index in [9.17, 15) is 15.0 Å². The molecule has 0 unspecified atom stereocenters. The Hall–Kier alpha value is -1.33. The van der Waals surface area contributed by atoms with Crippen LogP contribution in [-0.4, -0.2) is 32.8 Å². The molecule has 1 aliphatic heterocycles. The standard InChI is InChI=1S/C15H24N2O3/c1-2-3-8-17-12(11-18)9-14(19)15(20)13(17)10-16-6-4-5-7-16/h9,18,20H,2-8,10-11H2,1H3. The first-order valence-corrected chi connectivity index (χ1v) is 7.45. The molecule has 5 nitrogen and oxygen atoms in total. The van der Waals surface area contributed by atoms with Crippen LogP contribution in [0.2, 0.25) is 0 Å². The number of pyridine rings is 1. The highest BCUT2D eigenvalue weighted by molar-refractivity contribution is 5.30. The van der Waals surface area contributed by atoms with Gasteiger partial charge in [-0.1, -0.05) is 13.3 Å². The van der Waals surface area contributed by atoms with Gasteiger partial charge in [0.25, 0.3) is 0 Å². The molecule has 2 N–H and O–H groups in total. The summed E-state index contributed by atoms with van der Waals surface area (Å²) < 4.78 is 1.92. The molecule has 0 aliphatic carbocycles. The van der Waals surface area contributed by atoms with Gasteiger partial charge in [0, 0.05) is 24.8 Å². The number of likely N-dealkylation sites (tertiary alicyclic amines) is 1. The van der Waals surface area contributed by atoms with Gasteiger partial charge in [-0.2, -0.15) is 0 Å². The zero-order valence-electron chi connectivity index (χ0n) is 12.1. The molecule has 0 aromatic carbocycles. The van der Waals surface area contributed by atoms with Crippen LogP contribution in [0.1, 0.15) is 44.0 Å². The quantitative estimate of drug-likeness (QED) is 0.827. The first-order chi connectivity index (χ1) is 9.67. The lowest BCUT2D eigenvalue weighted by Crippen LogP contribution is -2.25. The van der Waals surface area contributed by atoms with Crippen molar-refractivity contribution in [2.45, 2.75) is 52.3 Å². The molecular formula is C15H24N2O3. The second-order valence-electron chi connectivity index (χ2n) is 5.44. The van der Waals surface area contributed by atoms with E-state index in [0.29, 0.717) is 17.9 Å². The van der Waals surface area contributed by atoms with Crippen LogP contribution in [-0.2, 0) is 19.7 Å². The number of hydrogen-bond donors (Lipinski definition) is 2. The first kappa shape index (κ1) is 15.1. The van der Waals surface area contributed by atoms with E-state index in [4.69, 9.17) is 0 Å². The molecule has 1 saturated heterocycles. The number of rotatable bonds is 6. The van der Waals surface area contributed by atoms with E-state index in [1.807, 2.05) is 4.57 Å². The van der Waals surface area contributed by atoms with E-state index in [1.54, 1.807) is 0 Å². The fourth-order valence-corrected chi connectivity index (χ4v) is 2.78. The molecule has 0 radical (unpaired) electrons. The second kappa shape index (κ2) is 6.90. The maximum Gasteiger partial charge on any atom is 0.223 e. The van der Waals surface area contributed by atoms with Gasteiger partial charge in [0.2, 0.25) is 5.43 Å². The predicted molar refractivity (Wildman–Crippen MR) is 77.7 cm³/mol. The number of aromatic nitrogens is 1. The van der Waals surface area contributed by atoms with Crippen LogP contribution in [0.5, 0.6) is 5.75 Å². The third-order valence-corrected chi connectivity index (χ3v) is 3.95. The summed E-state index contributed by atoms with van der Waals surface area (Å²) >= 11 is 0. The molecule has 2 heterocycles. The van der Waals surface area contributed by atoms with E-state index in [-0.39, 0.29) is 12.4 Å². The molecule has 1 aromatic heterocycles. The maximum atomic E-state index is 11.8. The molecule has 1 aliphatic rings. The summed E-state index contributed by atoms with van der Waals surface area (Å²) in [4.78, 5) is 14.1. The Bertz CT molecular complexity index is 505. The third-order valence-electron chi connectivity index (χ3n) is 3.95. The van der Waals surface area contributed by atoms with Crippen molar-refractivity contribution in [3.8, 4) is 5.75 Å². The zero-order valence-corrected chi connectivity index (χ0v) is 12.1. The lowest BCUT2D eigenvalue weighted by Gasteiger charge is -2.22. The normalized spacial score (nSPS) is 15.9. The molecule has 0 saturated carbocycles. The third kappa shape index (κ3) is 3.22. The highest BCUT2D eigenvalue weighted by Gasteiger charge is 2.19. The number of aliphatic hydroxyl groups is 1. The minimum absolute atomic E-state index is 0.162. The van der Waals surface area contributed by atoms with Gasteiger partial charge in [-0.05, 0) is 32.4 Å². The molecule has 112 valence electrons. The summed E-state index contributed by atoms with van der Waals surface area (Å²) in [6.07, 6.45) is 4.32. The van der Waals surface area contributed by atoms with Crippen molar-refractivity contribution >= 4 is 0 Å². The summed E-state index contributed by atoms with van der Waals surface area (Å²) in [5.41, 5.74) is 0.850. The van der Waals surface area contributed by atoms with Gasteiger partial charge in [0.15, 0.2) is 5.75 Å². The van der Waals surface area contributed by atoms with E-state index in [0.717, 1.165) is 32.5 Å². The van der Waals surface area contributed by atoms with Crippen LogP contribution in [0.4, 0.5) is 0 Å². The predicted octanol–water partition coefficient (Wildman–Crippen LogP) is 1.44. The van der Waals surface area contributed by atoms with Gasteiger partial charge >= 0.3 is 0 Å². The van der Waals surface area contributed by atoms with Crippen molar-refractivity contribution in [3.05, 3.63) is 27.7 Å². The average Bonchev–Trinajstić information content (AvgIpc) is 2.95. The molecule has 0 atom stereocenters. The van der Waals surface area contributed by atoms with Crippen LogP contribution < -0.4 is 5.43 Å². The summed E-state index contributed by atoms with van der Waals surface area (Å²) in [5, 5.41) is 19.6. The van der Waals surface area contributed by atoms with Gasteiger partial charge < -0.3 is 14.8 Å². The Morgan fingerprint density at radius 2 is 2.00 bits per heavy atom. The second-order valence-corrected chi connectivity index (χ2v) is 5.44. The number of aliphatic hydroxyl groups excluding tert-OH is 1. The molecule has 1 aromatic rings.